The summed E-state index contributed by atoms with van der Waals surface area (Å²) in [6.45, 7) is -0.812. The highest BCUT2D eigenvalue weighted by Crippen LogP contribution is 2.20. The summed E-state index contributed by atoms with van der Waals surface area (Å²) in [7, 11) is 0. The van der Waals surface area contributed by atoms with Crippen LogP contribution in [-0.4, -0.2) is 43.9 Å². The fourth-order valence-electron chi connectivity index (χ4n) is 4.00. The molecule has 45 heavy (non-hydrogen) atoms. The second-order valence-electron chi connectivity index (χ2n) is 10.0. The van der Waals surface area contributed by atoms with E-state index in [4.69, 9.17) is 25.7 Å². The molecule has 240 valence electrons. The van der Waals surface area contributed by atoms with Gasteiger partial charge in [-0.2, -0.15) is 13.2 Å². The average Bonchev–Trinajstić information content (AvgIpc) is 3.00. The zero-order valence-corrected chi connectivity index (χ0v) is 24.5. The molecule has 0 aliphatic carbocycles. The summed E-state index contributed by atoms with van der Waals surface area (Å²) in [6, 6.07) is 16.1. The molecule has 0 unspecified atom stereocenters. The molecule has 0 heterocycles. The summed E-state index contributed by atoms with van der Waals surface area (Å²) < 4.78 is 57.1. The number of carbonyl (C=O) groups excluding carboxylic acids is 3. The van der Waals surface area contributed by atoms with Crippen LogP contribution < -0.4 is 20.9 Å². The van der Waals surface area contributed by atoms with E-state index in [2.05, 4.69) is 4.74 Å². The van der Waals surface area contributed by atoms with Crippen molar-refractivity contribution in [1.29, 1.82) is 0 Å². The van der Waals surface area contributed by atoms with Gasteiger partial charge in [0.15, 0.2) is 6.61 Å². The first-order chi connectivity index (χ1) is 21.5. The van der Waals surface area contributed by atoms with Crippen molar-refractivity contribution >= 4 is 35.4 Å². The molecule has 0 bridgehead atoms. The molecule has 0 radical (unpaired) electrons. The normalized spacial score (nSPS) is 11.3. The Morgan fingerprint density at radius 2 is 1.22 bits per heavy atom. The Balaban J connectivity index is 1.24. The smallest absolute Gasteiger partial charge is 0.422 e. The van der Waals surface area contributed by atoms with E-state index in [9.17, 15) is 27.6 Å². The maximum atomic E-state index is 12.3. The molecule has 0 saturated heterocycles. The van der Waals surface area contributed by atoms with Crippen molar-refractivity contribution in [2.24, 2.45) is 0 Å². The quantitative estimate of drug-likeness (QED) is 0.0578. The lowest BCUT2D eigenvalue weighted by molar-refractivity contribution is -0.153. The molecular weight excluding hydrogens is 593 g/mol. The molecule has 4 N–H and O–H groups in total. The van der Waals surface area contributed by atoms with Gasteiger partial charge in [0.1, 0.15) is 11.5 Å². The van der Waals surface area contributed by atoms with Crippen LogP contribution in [0.15, 0.2) is 72.8 Å². The van der Waals surface area contributed by atoms with Crippen LogP contribution in [0.25, 0.3) is 6.08 Å². The van der Waals surface area contributed by atoms with Gasteiger partial charge in [0.25, 0.3) is 0 Å². The number of nitrogens with two attached hydrogens (primary N) is 2. The standard InChI is InChI=1S/C33H35F3N2O7/c34-33(35,36)22-44-28-14-10-24(11-15-28)32(41)45-29-12-7-23(8-13-29)9-16-30(39)42-17-5-3-1-2-4-6-18-43-31(40)25-19-26(37)21-27(38)20-25/h7-16,19-21H,1-6,17-18,22,37-38H2. The first kappa shape index (κ1) is 34.5. The highest BCUT2D eigenvalue weighted by molar-refractivity contribution is 5.92. The number of halogens is 3. The first-order valence-electron chi connectivity index (χ1n) is 14.3. The van der Waals surface area contributed by atoms with Crippen molar-refractivity contribution in [2.45, 2.75) is 44.7 Å². The van der Waals surface area contributed by atoms with Gasteiger partial charge in [0.2, 0.25) is 0 Å². The van der Waals surface area contributed by atoms with Gasteiger partial charge in [-0.3, -0.25) is 0 Å². The number of nitrogen functional groups attached to an aromatic ring is 2. The van der Waals surface area contributed by atoms with Crippen LogP contribution in [0.2, 0.25) is 0 Å². The molecule has 9 nitrogen and oxygen atoms in total. The van der Waals surface area contributed by atoms with E-state index in [-0.39, 0.29) is 17.1 Å². The zero-order valence-electron chi connectivity index (χ0n) is 24.5. The van der Waals surface area contributed by atoms with Gasteiger partial charge in [0, 0.05) is 17.5 Å². The van der Waals surface area contributed by atoms with E-state index in [1.54, 1.807) is 36.4 Å². The topological polar surface area (TPSA) is 140 Å². The number of rotatable bonds is 16. The van der Waals surface area contributed by atoms with E-state index in [0.717, 1.165) is 38.5 Å². The van der Waals surface area contributed by atoms with Crippen LogP contribution in [0, 0.1) is 0 Å². The number of hydrogen-bond donors (Lipinski definition) is 2. The largest absolute Gasteiger partial charge is 0.484 e. The number of esters is 3. The summed E-state index contributed by atoms with van der Waals surface area (Å²) in [5, 5.41) is 0. The second kappa shape index (κ2) is 17.3. The Kier molecular flexibility index (Phi) is 13.3. The molecule has 0 amide bonds. The first-order valence-corrected chi connectivity index (χ1v) is 14.3. The van der Waals surface area contributed by atoms with Crippen molar-refractivity contribution in [3.05, 3.63) is 89.5 Å². The summed E-state index contributed by atoms with van der Waals surface area (Å²) in [5.74, 6) is -1.39. The lowest BCUT2D eigenvalue weighted by atomic mass is 10.1. The predicted octanol–water partition coefficient (Wildman–Crippen LogP) is 6.77. The van der Waals surface area contributed by atoms with Crippen LogP contribution in [0.5, 0.6) is 11.5 Å². The van der Waals surface area contributed by atoms with Crippen molar-refractivity contribution in [3.63, 3.8) is 0 Å². The van der Waals surface area contributed by atoms with E-state index in [0.29, 0.717) is 35.7 Å². The summed E-state index contributed by atoms with van der Waals surface area (Å²) in [4.78, 5) is 36.4. The van der Waals surface area contributed by atoms with E-state index >= 15 is 0 Å². The minimum Gasteiger partial charge on any atom is -0.484 e. The Morgan fingerprint density at radius 3 is 1.82 bits per heavy atom. The third-order valence-electron chi connectivity index (χ3n) is 6.22. The van der Waals surface area contributed by atoms with Gasteiger partial charge in [-0.05, 0) is 79.1 Å². The number of ether oxygens (including phenoxy) is 4. The summed E-state index contributed by atoms with van der Waals surface area (Å²) in [6.07, 6.45) is 3.63. The second-order valence-corrected chi connectivity index (χ2v) is 10.0. The van der Waals surface area contributed by atoms with Crippen LogP contribution >= 0.6 is 0 Å². The van der Waals surface area contributed by atoms with Crippen molar-refractivity contribution in [1.82, 2.24) is 0 Å². The maximum absolute atomic E-state index is 12.3. The van der Waals surface area contributed by atoms with Gasteiger partial charge >= 0.3 is 24.1 Å². The SMILES string of the molecule is Nc1cc(N)cc(C(=O)OCCCCCCCCOC(=O)C=Cc2ccc(OC(=O)c3ccc(OCC(F)(F)F)cc3)cc2)c1. The minimum atomic E-state index is -4.46. The lowest BCUT2D eigenvalue weighted by Gasteiger charge is -2.09. The zero-order chi connectivity index (χ0) is 32.7. The lowest BCUT2D eigenvalue weighted by Crippen LogP contribution is -2.19. The van der Waals surface area contributed by atoms with Gasteiger partial charge in [-0.15, -0.1) is 0 Å². The van der Waals surface area contributed by atoms with Gasteiger partial charge in [-0.1, -0.05) is 37.8 Å². The van der Waals surface area contributed by atoms with E-state index in [1.807, 2.05) is 0 Å². The highest BCUT2D eigenvalue weighted by Gasteiger charge is 2.28. The maximum Gasteiger partial charge on any atom is 0.422 e. The predicted molar refractivity (Wildman–Crippen MR) is 163 cm³/mol. The Labute approximate surface area is 258 Å². The van der Waals surface area contributed by atoms with Crippen molar-refractivity contribution < 1.29 is 46.5 Å². The van der Waals surface area contributed by atoms with Crippen LogP contribution in [0.1, 0.15) is 64.8 Å². The number of unbranched alkanes of at least 4 members (excludes halogenated alkanes) is 5. The number of benzene rings is 3. The van der Waals surface area contributed by atoms with Crippen LogP contribution in [0.3, 0.4) is 0 Å². The third kappa shape index (κ3) is 13.5. The Bertz CT molecular complexity index is 1420. The molecule has 0 fully saturated rings. The van der Waals surface area contributed by atoms with Gasteiger partial charge in [0.05, 0.1) is 24.3 Å². The van der Waals surface area contributed by atoms with Crippen LogP contribution in [0.4, 0.5) is 24.5 Å². The van der Waals surface area contributed by atoms with E-state index < -0.39 is 30.7 Å². The number of hydrogen-bond acceptors (Lipinski definition) is 9. The molecule has 0 aromatic heterocycles. The third-order valence-corrected chi connectivity index (χ3v) is 6.22. The number of carbonyl (C=O) groups is 3. The monoisotopic (exact) mass is 628 g/mol. The number of alkyl halides is 3. The van der Waals surface area contributed by atoms with E-state index in [1.165, 1.54) is 42.5 Å². The summed E-state index contributed by atoms with van der Waals surface area (Å²) >= 11 is 0. The average molecular weight is 629 g/mol. The van der Waals surface area contributed by atoms with Crippen LogP contribution in [-0.2, 0) is 14.3 Å². The fourth-order valence-corrected chi connectivity index (χ4v) is 4.00. The summed E-state index contributed by atoms with van der Waals surface area (Å²) in [5.41, 5.74) is 13.4. The molecule has 12 heteroatoms. The van der Waals surface area contributed by atoms with Crippen molar-refractivity contribution in [2.75, 3.05) is 31.3 Å². The molecule has 0 aliphatic heterocycles. The molecule has 0 atom stereocenters. The molecule has 3 rings (SSSR count). The Morgan fingerprint density at radius 1 is 0.667 bits per heavy atom. The molecule has 0 saturated carbocycles. The molecular formula is C33H35F3N2O7. The molecule has 3 aromatic rings. The molecule has 0 aliphatic rings. The van der Waals surface area contributed by atoms with Gasteiger partial charge < -0.3 is 30.4 Å². The Hall–Kier alpha value is -5.00. The fraction of sp³-hybridized carbons (Fsp3) is 0.303. The number of anilines is 2. The molecule has 3 aromatic carbocycles. The minimum absolute atomic E-state index is 0.0225. The highest BCUT2D eigenvalue weighted by atomic mass is 19.4. The van der Waals surface area contributed by atoms with Crippen molar-refractivity contribution in [3.8, 4) is 11.5 Å². The molecule has 0 spiro atoms. The van der Waals surface area contributed by atoms with Gasteiger partial charge in [-0.25, -0.2) is 14.4 Å².